The molecule has 1 aromatic carbocycles. The molecule has 0 saturated carbocycles. The van der Waals surface area contributed by atoms with Gasteiger partial charge in [-0.3, -0.25) is 4.79 Å². The molecular weight excluding hydrogens is 330 g/mol. The van der Waals surface area contributed by atoms with E-state index in [2.05, 4.69) is 17.2 Å². The van der Waals surface area contributed by atoms with Crippen LogP contribution >= 0.6 is 11.3 Å². The van der Waals surface area contributed by atoms with Gasteiger partial charge in [-0.2, -0.15) is 0 Å². The Hall–Kier alpha value is -1.72. The molecule has 2 N–H and O–H groups in total. The molecule has 5 heteroatoms. The maximum absolute atomic E-state index is 12.6. The number of rotatable bonds is 6. The zero-order valence-corrected chi connectivity index (χ0v) is 16.0. The molecule has 2 heterocycles. The lowest BCUT2D eigenvalue weighted by atomic mass is 10.0. The largest absolute Gasteiger partial charge is 0.351 e. The lowest BCUT2D eigenvalue weighted by molar-refractivity contribution is -0.928. The van der Waals surface area contributed by atoms with Crippen molar-refractivity contribution < 1.29 is 9.69 Å². The lowest BCUT2D eigenvalue weighted by Crippen LogP contribution is -3.16. The Bertz CT molecular complexity index is 698. The summed E-state index contributed by atoms with van der Waals surface area (Å²) in [6.45, 7) is 7.46. The Balaban J connectivity index is 1.55. The average molecular weight is 359 g/mol. The van der Waals surface area contributed by atoms with Crippen molar-refractivity contribution in [3.05, 3.63) is 40.2 Å². The minimum absolute atomic E-state index is 0.00569. The molecule has 4 nitrogen and oxygen atoms in total. The molecule has 3 rings (SSSR count). The summed E-state index contributed by atoms with van der Waals surface area (Å²) in [6.07, 6.45) is 5.08. The zero-order valence-electron chi connectivity index (χ0n) is 15.2. The van der Waals surface area contributed by atoms with E-state index >= 15 is 0 Å². The fraction of sp³-hybridized carbons (Fsp3) is 0.500. The SMILES string of the molecule is Cc1nc(-c2ccccc2)c(C(=O)NCCC[NH+]2CCCC[C@@H]2C)s1. The first-order chi connectivity index (χ1) is 12.1. The summed E-state index contributed by atoms with van der Waals surface area (Å²) in [5.41, 5.74) is 1.81. The van der Waals surface area contributed by atoms with Gasteiger partial charge in [0.05, 0.1) is 29.8 Å². The van der Waals surface area contributed by atoms with Crippen molar-refractivity contribution >= 4 is 17.2 Å². The van der Waals surface area contributed by atoms with Crippen molar-refractivity contribution in [3.8, 4) is 11.3 Å². The molecule has 0 aliphatic carbocycles. The van der Waals surface area contributed by atoms with Crippen LogP contribution in [0.2, 0.25) is 0 Å². The fourth-order valence-corrected chi connectivity index (χ4v) is 4.45. The number of carbonyl (C=O) groups is 1. The van der Waals surface area contributed by atoms with Crippen molar-refractivity contribution in [2.24, 2.45) is 0 Å². The molecule has 1 aromatic heterocycles. The summed E-state index contributed by atoms with van der Waals surface area (Å²) in [5, 5.41) is 4.02. The molecule has 1 fully saturated rings. The molecule has 134 valence electrons. The van der Waals surface area contributed by atoms with Crippen molar-refractivity contribution in [3.63, 3.8) is 0 Å². The maximum atomic E-state index is 12.6. The lowest BCUT2D eigenvalue weighted by Gasteiger charge is -2.30. The highest BCUT2D eigenvalue weighted by Crippen LogP contribution is 2.27. The van der Waals surface area contributed by atoms with Crippen LogP contribution in [0.25, 0.3) is 11.3 Å². The van der Waals surface area contributed by atoms with E-state index in [0.717, 1.165) is 46.7 Å². The number of aryl methyl sites for hydroxylation is 1. The number of hydrogen-bond donors (Lipinski definition) is 2. The molecule has 0 radical (unpaired) electrons. The molecule has 1 amide bonds. The number of amides is 1. The zero-order chi connectivity index (χ0) is 17.6. The third-order valence-corrected chi connectivity index (χ3v) is 6.00. The van der Waals surface area contributed by atoms with Gasteiger partial charge in [-0.1, -0.05) is 30.3 Å². The number of benzene rings is 1. The number of likely N-dealkylation sites (tertiary alicyclic amines) is 1. The first kappa shape index (κ1) is 18.1. The van der Waals surface area contributed by atoms with Crippen LogP contribution in [-0.4, -0.2) is 36.6 Å². The van der Waals surface area contributed by atoms with Gasteiger partial charge < -0.3 is 10.2 Å². The Labute approximate surface area is 154 Å². The number of nitrogens with one attached hydrogen (secondary N) is 2. The van der Waals surface area contributed by atoms with Crippen LogP contribution in [0.4, 0.5) is 0 Å². The van der Waals surface area contributed by atoms with Gasteiger partial charge in [-0.05, 0) is 33.1 Å². The monoisotopic (exact) mass is 358 g/mol. The summed E-state index contributed by atoms with van der Waals surface area (Å²) >= 11 is 1.48. The van der Waals surface area contributed by atoms with Crippen LogP contribution < -0.4 is 10.2 Å². The normalized spacial score (nSPS) is 20.4. The average Bonchev–Trinajstić information content (AvgIpc) is 3.03. The second kappa shape index (κ2) is 8.59. The Morgan fingerprint density at radius 2 is 2.12 bits per heavy atom. The fourth-order valence-electron chi connectivity index (χ4n) is 3.59. The van der Waals surface area contributed by atoms with E-state index in [1.165, 1.54) is 37.1 Å². The number of quaternary nitrogens is 1. The van der Waals surface area contributed by atoms with Crippen LogP contribution in [0.3, 0.4) is 0 Å². The molecule has 1 aliphatic heterocycles. The van der Waals surface area contributed by atoms with Crippen molar-refractivity contribution in [2.45, 2.75) is 45.6 Å². The third-order valence-electron chi connectivity index (χ3n) is 5.03. The number of nitrogens with zero attached hydrogens (tertiary/aromatic N) is 1. The summed E-state index contributed by atoms with van der Waals surface area (Å²) < 4.78 is 0. The molecule has 0 bridgehead atoms. The van der Waals surface area contributed by atoms with E-state index in [1.807, 2.05) is 37.3 Å². The van der Waals surface area contributed by atoms with Gasteiger partial charge >= 0.3 is 0 Å². The second-order valence-corrected chi connectivity index (χ2v) is 8.14. The highest BCUT2D eigenvalue weighted by Gasteiger charge is 2.21. The topological polar surface area (TPSA) is 46.4 Å². The van der Waals surface area contributed by atoms with E-state index in [0.29, 0.717) is 0 Å². The first-order valence-electron chi connectivity index (χ1n) is 9.31. The highest BCUT2D eigenvalue weighted by atomic mass is 32.1. The molecule has 2 atom stereocenters. The van der Waals surface area contributed by atoms with Gasteiger partial charge in [0.25, 0.3) is 5.91 Å². The minimum atomic E-state index is 0.00569. The number of piperidine rings is 1. The first-order valence-corrected chi connectivity index (χ1v) is 10.1. The number of hydrogen-bond acceptors (Lipinski definition) is 3. The molecule has 1 aliphatic rings. The van der Waals surface area contributed by atoms with Crippen LogP contribution in [-0.2, 0) is 0 Å². The molecule has 1 unspecified atom stereocenters. The van der Waals surface area contributed by atoms with Gasteiger partial charge in [-0.15, -0.1) is 11.3 Å². The van der Waals surface area contributed by atoms with Crippen LogP contribution in [0.5, 0.6) is 0 Å². The second-order valence-electron chi connectivity index (χ2n) is 6.94. The van der Waals surface area contributed by atoms with E-state index in [1.54, 1.807) is 4.90 Å². The van der Waals surface area contributed by atoms with Crippen molar-refractivity contribution in [2.75, 3.05) is 19.6 Å². The van der Waals surface area contributed by atoms with Gasteiger partial charge in [0.1, 0.15) is 4.88 Å². The van der Waals surface area contributed by atoms with E-state index in [4.69, 9.17) is 0 Å². The molecular formula is C20H28N3OS+. The number of carbonyl (C=O) groups excluding carboxylic acids is 1. The van der Waals surface area contributed by atoms with E-state index in [-0.39, 0.29) is 5.91 Å². The predicted molar refractivity (Wildman–Crippen MR) is 103 cm³/mol. The Morgan fingerprint density at radius 1 is 1.32 bits per heavy atom. The maximum Gasteiger partial charge on any atom is 0.263 e. The Morgan fingerprint density at radius 3 is 2.88 bits per heavy atom. The highest BCUT2D eigenvalue weighted by molar-refractivity contribution is 7.14. The molecule has 25 heavy (non-hydrogen) atoms. The van der Waals surface area contributed by atoms with Crippen LogP contribution in [0.15, 0.2) is 30.3 Å². The minimum Gasteiger partial charge on any atom is -0.351 e. The van der Waals surface area contributed by atoms with Crippen molar-refractivity contribution in [1.82, 2.24) is 10.3 Å². The van der Waals surface area contributed by atoms with Gasteiger partial charge in [0, 0.05) is 18.5 Å². The van der Waals surface area contributed by atoms with E-state index < -0.39 is 0 Å². The summed E-state index contributed by atoms with van der Waals surface area (Å²) in [6, 6.07) is 10.7. The summed E-state index contributed by atoms with van der Waals surface area (Å²) in [4.78, 5) is 19.6. The van der Waals surface area contributed by atoms with Gasteiger partial charge in [-0.25, -0.2) is 4.98 Å². The molecule has 1 saturated heterocycles. The summed E-state index contributed by atoms with van der Waals surface area (Å²) in [7, 11) is 0. The molecule has 2 aromatic rings. The van der Waals surface area contributed by atoms with Gasteiger partial charge in [0.2, 0.25) is 0 Å². The van der Waals surface area contributed by atoms with Gasteiger partial charge in [0.15, 0.2) is 0 Å². The quantitative estimate of drug-likeness (QED) is 0.780. The smallest absolute Gasteiger partial charge is 0.263 e. The van der Waals surface area contributed by atoms with Crippen molar-refractivity contribution in [1.29, 1.82) is 0 Å². The number of thiazole rings is 1. The Kier molecular flexibility index (Phi) is 6.21. The summed E-state index contributed by atoms with van der Waals surface area (Å²) in [5.74, 6) is 0.00569. The predicted octanol–water partition coefficient (Wildman–Crippen LogP) is 2.70. The standard InChI is InChI=1S/C20H27N3OS/c1-15-9-6-7-13-23(15)14-8-12-21-20(24)19-18(22-16(2)25-19)17-10-4-3-5-11-17/h3-5,10-11,15H,6-9,12-14H2,1-2H3,(H,21,24)/p+1/t15-/m0/s1. The number of aromatic nitrogens is 1. The van der Waals surface area contributed by atoms with Crippen LogP contribution in [0.1, 0.15) is 47.3 Å². The third kappa shape index (κ3) is 4.67. The molecule has 0 spiro atoms. The van der Waals surface area contributed by atoms with Crippen LogP contribution in [0, 0.1) is 6.92 Å². The van der Waals surface area contributed by atoms with E-state index in [9.17, 15) is 4.79 Å².